The zero-order chi connectivity index (χ0) is 14.4. The molecule has 0 aliphatic carbocycles. The monoisotopic (exact) mass is 311 g/mol. The molecule has 0 aliphatic rings. The molecule has 0 aliphatic heterocycles. The van der Waals surface area contributed by atoms with Gasteiger partial charge in [0.05, 0.1) is 5.62 Å². The van der Waals surface area contributed by atoms with Gasteiger partial charge in [-0.2, -0.15) is 0 Å². The molecule has 0 atom stereocenters. The van der Waals surface area contributed by atoms with E-state index in [2.05, 4.69) is 56.7 Å². The molecule has 0 rings (SSSR count). The summed E-state index contributed by atoms with van der Waals surface area (Å²) in [5, 5.41) is 0. The normalized spacial score (nSPS) is 13.4. The fraction of sp³-hybridized carbons (Fsp3) is 1.00. The maximum absolute atomic E-state index is 6.43. The van der Waals surface area contributed by atoms with E-state index in [-0.39, 0.29) is 0 Å². The minimum Gasteiger partial charge on any atom is -0.311 e. The van der Waals surface area contributed by atoms with E-state index in [4.69, 9.17) is 16.0 Å². The van der Waals surface area contributed by atoms with Gasteiger partial charge in [0.25, 0.3) is 0 Å². The van der Waals surface area contributed by atoms with E-state index in [1.165, 1.54) is 0 Å². The summed E-state index contributed by atoms with van der Waals surface area (Å²) >= 11 is 6.43. The zero-order valence-electron chi connectivity index (χ0n) is 13.2. The fourth-order valence-corrected chi connectivity index (χ4v) is 11.2. The molecule has 0 aromatic carbocycles. The van der Waals surface area contributed by atoms with E-state index in [9.17, 15) is 0 Å². The number of alkyl halides is 1. The Hall–Kier alpha value is 0.657. The van der Waals surface area contributed by atoms with E-state index >= 15 is 0 Å². The molecule has 0 amide bonds. The van der Waals surface area contributed by atoms with E-state index in [1.807, 2.05) is 0 Å². The van der Waals surface area contributed by atoms with Gasteiger partial charge < -0.3 is 4.41 Å². The van der Waals surface area contributed by atoms with Crippen LogP contribution in [0.15, 0.2) is 4.41 Å². The predicted molar refractivity (Wildman–Crippen MR) is 89.3 cm³/mol. The van der Waals surface area contributed by atoms with Crippen LogP contribution in [0.4, 0.5) is 0 Å². The van der Waals surface area contributed by atoms with Gasteiger partial charge in [-0.25, -0.2) is 0 Å². The van der Waals surface area contributed by atoms with Crippen LogP contribution in [0.5, 0.6) is 0 Å². The smallest absolute Gasteiger partial charge is 0.173 e. The molecule has 0 bridgehead atoms. The standard InChI is InChI=1S/C12H31ClN3PSi/c1-8-15(9-2)17(12-13,14-18(5,6)7)16(10-3)11-4/h8-12H2,1-7H3. The fourth-order valence-electron chi connectivity index (χ4n) is 2.32. The first-order valence-electron chi connectivity index (χ1n) is 7.00. The van der Waals surface area contributed by atoms with Crippen LogP contribution in [0.3, 0.4) is 0 Å². The maximum atomic E-state index is 6.43. The molecule has 0 N–H and O–H groups in total. The summed E-state index contributed by atoms with van der Waals surface area (Å²) in [5.41, 5.74) is 0.653. The van der Waals surface area contributed by atoms with Crippen LogP contribution in [-0.4, -0.2) is 49.4 Å². The van der Waals surface area contributed by atoms with Crippen molar-refractivity contribution in [1.82, 2.24) is 9.34 Å². The second kappa shape index (κ2) is 8.06. The van der Waals surface area contributed by atoms with Crippen molar-refractivity contribution in [2.24, 2.45) is 4.41 Å². The van der Waals surface area contributed by atoms with E-state index in [0.717, 1.165) is 26.2 Å². The Bertz CT molecular complexity index is 268. The summed E-state index contributed by atoms with van der Waals surface area (Å²) in [7, 11) is -3.20. The molecule has 0 aromatic rings. The number of hydrogen-bond donors (Lipinski definition) is 0. The third-order valence-electron chi connectivity index (χ3n) is 2.99. The van der Waals surface area contributed by atoms with E-state index in [0.29, 0.717) is 5.62 Å². The molecule has 0 unspecified atom stereocenters. The molecule has 0 aromatic heterocycles. The Morgan fingerprint density at radius 3 is 1.39 bits per heavy atom. The average molecular weight is 312 g/mol. The van der Waals surface area contributed by atoms with Gasteiger partial charge in [-0.1, -0.05) is 27.7 Å². The van der Waals surface area contributed by atoms with Crippen molar-refractivity contribution in [1.29, 1.82) is 0 Å². The zero-order valence-corrected chi connectivity index (χ0v) is 15.9. The Balaban J connectivity index is 5.83. The summed E-state index contributed by atoms with van der Waals surface area (Å²) in [6.07, 6.45) is 0. The lowest BCUT2D eigenvalue weighted by molar-refractivity contribution is 0.417. The highest BCUT2D eigenvalue weighted by Gasteiger charge is 2.32. The third-order valence-corrected chi connectivity index (χ3v) is 10.9. The molecular weight excluding hydrogens is 281 g/mol. The minimum absolute atomic E-state index is 0.653. The van der Waals surface area contributed by atoms with Gasteiger partial charge in [0.1, 0.15) is 7.36 Å². The Labute approximate surface area is 120 Å². The van der Waals surface area contributed by atoms with Gasteiger partial charge in [0.2, 0.25) is 0 Å². The second-order valence-corrected chi connectivity index (χ2v) is 14.0. The molecule has 0 spiro atoms. The quantitative estimate of drug-likeness (QED) is 0.366. The topological polar surface area (TPSA) is 18.8 Å². The first-order valence-corrected chi connectivity index (χ1v) is 12.8. The molecule has 3 nitrogen and oxygen atoms in total. The molecule has 0 saturated carbocycles. The largest absolute Gasteiger partial charge is 0.311 e. The number of rotatable bonds is 8. The summed E-state index contributed by atoms with van der Waals surface area (Å²) in [5.74, 6) is 0. The number of nitrogens with zero attached hydrogens (tertiary/aromatic N) is 3. The van der Waals surface area contributed by atoms with Crippen molar-refractivity contribution in [2.45, 2.75) is 47.3 Å². The molecule has 110 valence electrons. The summed E-state index contributed by atoms with van der Waals surface area (Å²) in [6.45, 7) is 19.9. The van der Waals surface area contributed by atoms with Crippen molar-refractivity contribution >= 4 is 27.2 Å². The molecule has 0 radical (unpaired) electrons. The second-order valence-electron chi connectivity index (χ2n) is 5.36. The number of halogens is 1. The summed E-state index contributed by atoms with van der Waals surface area (Å²) in [4.78, 5) is 0. The Kier molecular flexibility index (Phi) is 8.35. The van der Waals surface area contributed by atoms with E-state index < -0.39 is 15.6 Å². The van der Waals surface area contributed by atoms with Crippen LogP contribution in [-0.2, 0) is 0 Å². The maximum Gasteiger partial charge on any atom is 0.173 e. The first kappa shape index (κ1) is 18.7. The number of hydrogen-bond acceptors (Lipinski definition) is 1. The van der Waals surface area contributed by atoms with Crippen LogP contribution < -0.4 is 0 Å². The van der Waals surface area contributed by atoms with Crippen molar-refractivity contribution in [3.63, 3.8) is 0 Å². The Morgan fingerprint density at radius 1 is 0.889 bits per heavy atom. The van der Waals surface area contributed by atoms with Crippen molar-refractivity contribution in [2.75, 3.05) is 31.8 Å². The Morgan fingerprint density at radius 2 is 1.22 bits per heavy atom. The lowest BCUT2D eigenvalue weighted by atomic mass is 10.7. The van der Waals surface area contributed by atoms with Gasteiger partial charge in [0, 0.05) is 26.2 Å². The van der Waals surface area contributed by atoms with Gasteiger partial charge >= 0.3 is 0 Å². The van der Waals surface area contributed by atoms with Crippen LogP contribution in [0.2, 0.25) is 19.6 Å². The van der Waals surface area contributed by atoms with Crippen LogP contribution in [0.25, 0.3) is 0 Å². The van der Waals surface area contributed by atoms with Crippen molar-refractivity contribution in [3.8, 4) is 0 Å². The van der Waals surface area contributed by atoms with Gasteiger partial charge in [0.15, 0.2) is 8.24 Å². The highest BCUT2D eigenvalue weighted by molar-refractivity contribution is 7.64. The molecule has 0 heterocycles. The lowest BCUT2D eigenvalue weighted by Crippen LogP contribution is -2.35. The lowest BCUT2D eigenvalue weighted by Gasteiger charge is -2.43. The minimum atomic E-state index is -1.70. The van der Waals surface area contributed by atoms with Crippen LogP contribution in [0.1, 0.15) is 27.7 Å². The molecule has 18 heavy (non-hydrogen) atoms. The van der Waals surface area contributed by atoms with E-state index in [1.54, 1.807) is 0 Å². The van der Waals surface area contributed by atoms with Crippen LogP contribution in [0, 0.1) is 0 Å². The average Bonchev–Trinajstić information content (AvgIpc) is 2.29. The van der Waals surface area contributed by atoms with Gasteiger partial charge in [-0.3, -0.25) is 9.34 Å². The molecular formula is C12H31ClN3PSi. The van der Waals surface area contributed by atoms with Gasteiger partial charge in [-0.05, 0) is 19.6 Å². The van der Waals surface area contributed by atoms with Crippen LogP contribution >= 0.6 is 19.0 Å². The summed E-state index contributed by atoms with van der Waals surface area (Å²) < 4.78 is 10.3. The predicted octanol–water partition coefficient (Wildman–Crippen LogP) is 4.73. The third kappa shape index (κ3) is 4.64. The molecule has 0 fully saturated rings. The highest BCUT2D eigenvalue weighted by atomic mass is 35.5. The SMILES string of the molecule is CCN(CC)P(CCl)(=N[Si](C)(C)C)N(CC)CC. The van der Waals surface area contributed by atoms with Crippen molar-refractivity contribution in [3.05, 3.63) is 0 Å². The van der Waals surface area contributed by atoms with Gasteiger partial charge in [-0.15, -0.1) is 11.6 Å². The highest BCUT2D eigenvalue weighted by Crippen LogP contribution is 2.58. The molecule has 0 saturated heterocycles. The first-order chi connectivity index (χ1) is 8.31. The summed E-state index contributed by atoms with van der Waals surface area (Å²) in [6, 6.07) is 0. The van der Waals surface area contributed by atoms with Crippen molar-refractivity contribution < 1.29 is 0 Å². The molecule has 6 heteroatoms.